The topological polar surface area (TPSA) is 20.2 Å². The van der Waals surface area contributed by atoms with Gasteiger partial charge in [0.1, 0.15) is 0 Å². The molecule has 18 heavy (non-hydrogen) atoms. The lowest BCUT2D eigenvalue weighted by Crippen LogP contribution is -2.19. The molecule has 1 nitrogen and oxygen atoms in total. The maximum atomic E-state index is 10.4. The van der Waals surface area contributed by atoms with Crippen LogP contribution < -0.4 is 0 Å². The van der Waals surface area contributed by atoms with Crippen LogP contribution in [0.5, 0.6) is 0 Å². The number of fused-ring (bicyclic) bond motifs is 1. The predicted molar refractivity (Wildman–Crippen MR) is 78.6 cm³/mol. The molecule has 1 aliphatic heterocycles. The van der Waals surface area contributed by atoms with E-state index in [2.05, 4.69) is 41.1 Å². The standard InChI is InChI=1S/C15H16OS2/c16-14(6-5-11-7-8-17-9-11)13-10-18-15-4-2-1-3-12(13)15/h1-4,7-9,13-14,16H,5-6,10H2. The van der Waals surface area contributed by atoms with Crippen LogP contribution in [0.3, 0.4) is 0 Å². The number of rotatable bonds is 4. The third kappa shape index (κ3) is 2.48. The summed E-state index contributed by atoms with van der Waals surface area (Å²) >= 11 is 3.60. The molecule has 2 heterocycles. The third-order valence-corrected chi connectivity index (χ3v) is 5.45. The fraction of sp³-hybridized carbons (Fsp3) is 0.333. The van der Waals surface area contributed by atoms with Crippen LogP contribution >= 0.6 is 23.1 Å². The van der Waals surface area contributed by atoms with E-state index in [4.69, 9.17) is 0 Å². The number of aryl methyl sites for hydroxylation is 1. The van der Waals surface area contributed by atoms with Gasteiger partial charge in [-0.3, -0.25) is 0 Å². The number of hydrogen-bond acceptors (Lipinski definition) is 3. The first-order valence-corrected chi connectivity index (χ1v) is 8.18. The van der Waals surface area contributed by atoms with E-state index in [1.807, 2.05) is 11.8 Å². The van der Waals surface area contributed by atoms with Crippen molar-refractivity contribution in [2.45, 2.75) is 29.8 Å². The zero-order valence-corrected chi connectivity index (χ0v) is 11.7. The van der Waals surface area contributed by atoms with E-state index in [9.17, 15) is 5.11 Å². The highest BCUT2D eigenvalue weighted by atomic mass is 32.2. The van der Waals surface area contributed by atoms with Crippen LogP contribution in [-0.4, -0.2) is 17.0 Å². The van der Waals surface area contributed by atoms with Gasteiger partial charge in [-0.15, -0.1) is 11.8 Å². The zero-order chi connectivity index (χ0) is 12.4. The van der Waals surface area contributed by atoms with Crippen LogP contribution in [-0.2, 0) is 6.42 Å². The number of aliphatic hydroxyl groups is 1. The van der Waals surface area contributed by atoms with Crippen LogP contribution in [0.2, 0.25) is 0 Å². The van der Waals surface area contributed by atoms with Crippen molar-refractivity contribution in [1.29, 1.82) is 0 Å². The minimum atomic E-state index is -0.221. The van der Waals surface area contributed by atoms with Gasteiger partial charge in [0, 0.05) is 16.6 Å². The molecule has 2 atom stereocenters. The van der Waals surface area contributed by atoms with Gasteiger partial charge in [-0.05, 0) is 46.9 Å². The Bertz CT molecular complexity index is 507. The molecule has 3 rings (SSSR count). The van der Waals surface area contributed by atoms with Gasteiger partial charge in [-0.1, -0.05) is 18.2 Å². The molecular formula is C15H16OS2. The summed E-state index contributed by atoms with van der Waals surface area (Å²) in [5.41, 5.74) is 2.68. The lowest BCUT2D eigenvalue weighted by atomic mass is 9.92. The summed E-state index contributed by atoms with van der Waals surface area (Å²) in [6.45, 7) is 0. The van der Waals surface area contributed by atoms with E-state index in [-0.39, 0.29) is 6.10 Å². The molecule has 1 aromatic carbocycles. The molecule has 1 aliphatic rings. The van der Waals surface area contributed by atoms with Gasteiger partial charge in [0.15, 0.2) is 0 Å². The monoisotopic (exact) mass is 276 g/mol. The highest BCUT2D eigenvalue weighted by molar-refractivity contribution is 7.99. The first-order valence-electron chi connectivity index (χ1n) is 6.25. The van der Waals surface area contributed by atoms with Crippen molar-refractivity contribution < 1.29 is 5.11 Å². The predicted octanol–water partition coefficient (Wildman–Crippen LogP) is 3.93. The molecule has 1 N–H and O–H groups in total. The summed E-state index contributed by atoms with van der Waals surface area (Å²) in [5, 5.41) is 14.7. The summed E-state index contributed by atoms with van der Waals surface area (Å²) < 4.78 is 0. The molecule has 0 bridgehead atoms. The van der Waals surface area contributed by atoms with E-state index in [0.29, 0.717) is 5.92 Å². The molecule has 94 valence electrons. The molecule has 0 spiro atoms. The molecule has 0 radical (unpaired) electrons. The summed E-state index contributed by atoms with van der Waals surface area (Å²) in [6, 6.07) is 10.6. The molecule has 2 aromatic rings. The van der Waals surface area contributed by atoms with Crippen LogP contribution in [0.1, 0.15) is 23.5 Å². The SMILES string of the molecule is OC(CCc1ccsc1)C1CSc2ccccc21. The van der Waals surface area contributed by atoms with Crippen LogP contribution in [0.15, 0.2) is 46.0 Å². The van der Waals surface area contributed by atoms with E-state index < -0.39 is 0 Å². The molecule has 0 saturated carbocycles. The Morgan fingerprint density at radius 1 is 1.28 bits per heavy atom. The molecule has 3 heteroatoms. The molecule has 0 saturated heterocycles. The van der Waals surface area contributed by atoms with Gasteiger partial charge in [0.2, 0.25) is 0 Å². The third-order valence-electron chi connectivity index (χ3n) is 3.51. The van der Waals surface area contributed by atoms with Crippen molar-refractivity contribution in [2.24, 2.45) is 0 Å². The Balaban J connectivity index is 1.65. The van der Waals surface area contributed by atoms with Gasteiger partial charge < -0.3 is 5.11 Å². The van der Waals surface area contributed by atoms with Crippen molar-refractivity contribution in [3.8, 4) is 0 Å². The molecule has 1 aromatic heterocycles. The maximum Gasteiger partial charge on any atom is 0.0620 e. The summed E-state index contributed by atoms with van der Waals surface area (Å²) in [4.78, 5) is 1.34. The van der Waals surface area contributed by atoms with Crippen molar-refractivity contribution >= 4 is 23.1 Å². The van der Waals surface area contributed by atoms with E-state index >= 15 is 0 Å². The van der Waals surface area contributed by atoms with Gasteiger partial charge >= 0.3 is 0 Å². The summed E-state index contributed by atoms with van der Waals surface area (Å²) in [5.74, 6) is 1.33. The second-order valence-corrected chi connectivity index (χ2v) is 6.53. The zero-order valence-electron chi connectivity index (χ0n) is 10.1. The second-order valence-electron chi connectivity index (χ2n) is 4.69. The van der Waals surface area contributed by atoms with E-state index in [1.54, 1.807) is 11.3 Å². The number of aliphatic hydroxyl groups excluding tert-OH is 1. The second kappa shape index (κ2) is 5.47. The Labute approximate surface area is 116 Å². The molecule has 0 amide bonds. The van der Waals surface area contributed by atoms with Crippen LogP contribution in [0, 0.1) is 0 Å². The van der Waals surface area contributed by atoms with Gasteiger partial charge in [0.25, 0.3) is 0 Å². The molecule has 0 aliphatic carbocycles. The molecule has 0 fully saturated rings. The average Bonchev–Trinajstić information content (AvgIpc) is 3.05. The fourth-order valence-electron chi connectivity index (χ4n) is 2.46. The number of thiophene rings is 1. The van der Waals surface area contributed by atoms with Gasteiger partial charge in [-0.25, -0.2) is 0 Å². The maximum absolute atomic E-state index is 10.4. The van der Waals surface area contributed by atoms with Crippen molar-refractivity contribution in [3.63, 3.8) is 0 Å². The highest BCUT2D eigenvalue weighted by Gasteiger charge is 2.28. The summed E-state index contributed by atoms with van der Waals surface area (Å²) in [6.07, 6.45) is 1.62. The van der Waals surface area contributed by atoms with Crippen LogP contribution in [0.4, 0.5) is 0 Å². The Morgan fingerprint density at radius 2 is 2.17 bits per heavy atom. The van der Waals surface area contributed by atoms with Gasteiger partial charge in [-0.2, -0.15) is 11.3 Å². The van der Waals surface area contributed by atoms with Crippen molar-refractivity contribution in [3.05, 3.63) is 52.2 Å². The smallest absolute Gasteiger partial charge is 0.0620 e. The lowest BCUT2D eigenvalue weighted by molar-refractivity contribution is 0.142. The Morgan fingerprint density at radius 3 is 3.00 bits per heavy atom. The van der Waals surface area contributed by atoms with Gasteiger partial charge in [0.05, 0.1) is 6.10 Å². The largest absolute Gasteiger partial charge is 0.392 e. The minimum absolute atomic E-state index is 0.221. The minimum Gasteiger partial charge on any atom is -0.392 e. The van der Waals surface area contributed by atoms with Crippen molar-refractivity contribution in [2.75, 3.05) is 5.75 Å². The first kappa shape index (κ1) is 12.3. The van der Waals surface area contributed by atoms with E-state index in [0.717, 1.165) is 18.6 Å². The highest BCUT2D eigenvalue weighted by Crippen LogP contribution is 2.41. The Kier molecular flexibility index (Phi) is 3.73. The molecule has 2 unspecified atom stereocenters. The normalized spacial score (nSPS) is 19.7. The molecular weight excluding hydrogens is 260 g/mol. The van der Waals surface area contributed by atoms with Crippen molar-refractivity contribution in [1.82, 2.24) is 0 Å². The quantitative estimate of drug-likeness (QED) is 0.913. The Hall–Kier alpha value is -0.770. The fourth-order valence-corrected chi connectivity index (χ4v) is 4.48. The van der Waals surface area contributed by atoms with E-state index in [1.165, 1.54) is 16.0 Å². The number of thioether (sulfide) groups is 1. The first-order chi connectivity index (χ1) is 8.84. The van der Waals surface area contributed by atoms with Crippen LogP contribution in [0.25, 0.3) is 0 Å². The number of benzene rings is 1. The summed E-state index contributed by atoms with van der Waals surface area (Å²) in [7, 11) is 0. The average molecular weight is 276 g/mol. The number of hydrogen-bond donors (Lipinski definition) is 1. The lowest BCUT2D eigenvalue weighted by Gasteiger charge is -2.18.